The first-order valence-corrected chi connectivity index (χ1v) is 7.33. The van der Waals surface area contributed by atoms with Gasteiger partial charge in [-0.3, -0.25) is 14.5 Å². The van der Waals surface area contributed by atoms with E-state index in [9.17, 15) is 18.0 Å². The molecule has 0 bridgehead atoms. The highest BCUT2D eigenvalue weighted by molar-refractivity contribution is 5.93. The van der Waals surface area contributed by atoms with Gasteiger partial charge in [-0.05, 0) is 32.9 Å². The molecule has 130 valence electrons. The summed E-state index contributed by atoms with van der Waals surface area (Å²) < 4.78 is 39.4. The summed E-state index contributed by atoms with van der Waals surface area (Å²) in [5, 5.41) is 3.74. The van der Waals surface area contributed by atoms with Crippen molar-refractivity contribution in [3.8, 4) is 0 Å². The van der Waals surface area contributed by atoms with Gasteiger partial charge in [0, 0.05) is 24.8 Å². The summed E-state index contributed by atoms with van der Waals surface area (Å²) in [7, 11) is 1.17. The molecule has 0 aliphatic carbocycles. The predicted molar refractivity (Wildman–Crippen MR) is 82.1 cm³/mol. The maximum Gasteiger partial charge on any atom is 0.433 e. The van der Waals surface area contributed by atoms with Crippen LogP contribution in [-0.2, 0) is 19.8 Å². The van der Waals surface area contributed by atoms with Gasteiger partial charge in [0.1, 0.15) is 5.69 Å². The fourth-order valence-corrected chi connectivity index (χ4v) is 2.24. The molecule has 24 heavy (non-hydrogen) atoms. The third-order valence-electron chi connectivity index (χ3n) is 3.49. The summed E-state index contributed by atoms with van der Waals surface area (Å²) in [6, 6.07) is 6.07. The molecule has 0 unspecified atom stereocenters. The SMILES string of the molecule is Cn1nc(C(=O)N(Cc2ccccn2)C(C)(C)C)cc1C(F)(F)F. The van der Waals surface area contributed by atoms with E-state index in [4.69, 9.17) is 0 Å². The number of halogens is 3. The fraction of sp³-hybridized carbons (Fsp3) is 0.438. The number of aryl methyl sites for hydroxylation is 1. The quantitative estimate of drug-likeness (QED) is 0.862. The second-order valence-electron chi connectivity index (χ2n) is 6.42. The first-order chi connectivity index (χ1) is 11.0. The molecule has 0 aliphatic rings. The van der Waals surface area contributed by atoms with E-state index in [1.807, 2.05) is 0 Å². The van der Waals surface area contributed by atoms with Crippen LogP contribution in [0.4, 0.5) is 13.2 Å². The average molecular weight is 340 g/mol. The molecule has 0 saturated heterocycles. The summed E-state index contributed by atoms with van der Waals surface area (Å²) in [6.45, 7) is 5.60. The van der Waals surface area contributed by atoms with Crippen molar-refractivity contribution in [3.63, 3.8) is 0 Å². The first kappa shape index (κ1) is 18.0. The minimum Gasteiger partial charge on any atom is -0.327 e. The third kappa shape index (κ3) is 3.93. The van der Waals surface area contributed by atoms with Crippen LogP contribution in [0.1, 0.15) is 42.6 Å². The molecule has 8 heteroatoms. The van der Waals surface area contributed by atoms with Crippen molar-refractivity contribution in [2.24, 2.45) is 7.05 Å². The fourth-order valence-electron chi connectivity index (χ4n) is 2.24. The lowest BCUT2D eigenvalue weighted by atomic mass is 10.0. The summed E-state index contributed by atoms with van der Waals surface area (Å²) in [4.78, 5) is 18.4. The second-order valence-corrected chi connectivity index (χ2v) is 6.42. The molecule has 2 aromatic heterocycles. The Kier molecular flexibility index (Phi) is 4.68. The maximum absolute atomic E-state index is 12.9. The van der Waals surface area contributed by atoms with Gasteiger partial charge in [0.2, 0.25) is 0 Å². The van der Waals surface area contributed by atoms with E-state index in [2.05, 4.69) is 10.1 Å². The van der Waals surface area contributed by atoms with Crippen LogP contribution in [0.3, 0.4) is 0 Å². The van der Waals surface area contributed by atoms with Crippen molar-refractivity contribution in [2.75, 3.05) is 0 Å². The van der Waals surface area contributed by atoms with E-state index in [1.54, 1.807) is 45.2 Å². The minimum absolute atomic E-state index is 0.182. The Morgan fingerprint density at radius 1 is 1.25 bits per heavy atom. The third-order valence-corrected chi connectivity index (χ3v) is 3.49. The highest BCUT2D eigenvalue weighted by Crippen LogP contribution is 2.30. The zero-order valence-electron chi connectivity index (χ0n) is 13.9. The van der Waals surface area contributed by atoms with E-state index >= 15 is 0 Å². The highest BCUT2D eigenvalue weighted by atomic mass is 19.4. The number of rotatable bonds is 3. The smallest absolute Gasteiger partial charge is 0.327 e. The molecular weight excluding hydrogens is 321 g/mol. The van der Waals surface area contributed by atoms with Crippen LogP contribution in [0.25, 0.3) is 0 Å². The molecular formula is C16H19F3N4O. The van der Waals surface area contributed by atoms with Gasteiger partial charge in [-0.25, -0.2) is 0 Å². The Labute approximate surface area is 138 Å². The monoisotopic (exact) mass is 340 g/mol. The number of hydrogen-bond acceptors (Lipinski definition) is 3. The molecule has 0 aromatic carbocycles. The van der Waals surface area contributed by atoms with Crippen LogP contribution in [-0.4, -0.2) is 31.1 Å². The van der Waals surface area contributed by atoms with Gasteiger partial charge in [0.25, 0.3) is 5.91 Å². The lowest BCUT2D eigenvalue weighted by Crippen LogP contribution is -2.45. The number of carbonyl (C=O) groups excluding carboxylic acids is 1. The number of carbonyl (C=O) groups is 1. The van der Waals surface area contributed by atoms with E-state index in [0.717, 1.165) is 6.07 Å². The van der Waals surface area contributed by atoms with Gasteiger partial charge >= 0.3 is 6.18 Å². The van der Waals surface area contributed by atoms with E-state index in [-0.39, 0.29) is 12.2 Å². The first-order valence-electron chi connectivity index (χ1n) is 7.33. The van der Waals surface area contributed by atoms with Crippen LogP contribution in [0.5, 0.6) is 0 Å². The van der Waals surface area contributed by atoms with E-state index in [1.165, 1.54) is 11.9 Å². The lowest BCUT2D eigenvalue weighted by molar-refractivity contribution is -0.143. The molecule has 0 fully saturated rings. The molecule has 0 radical (unpaired) electrons. The summed E-state index contributed by atoms with van der Waals surface area (Å²) >= 11 is 0. The van der Waals surface area contributed by atoms with Crippen molar-refractivity contribution < 1.29 is 18.0 Å². The standard InChI is InChI=1S/C16H19F3N4O/c1-15(2,3)23(10-11-7-5-6-8-20-11)14(24)12-9-13(16(17,18)19)22(4)21-12/h5-9H,10H2,1-4H3. The van der Waals surface area contributed by atoms with Crippen molar-refractivity contribution in [2.45, 2.75) is 39.0 Å². The van der Waals surface area contributed by atoms with Gasteiger partial charge < -0.3 is 4.90 Å². The Morgan fingerprint density at radius 2 is 1.92 bits per heavy atom. The van der Waals surface area contributed by atoms with Gasteiger partial charge in [-0.1, -0.05) is 6.07 Å². The van der Waals surface area contributed by atoms with E-state index < -0.39 is 23.3 Å². The van der Waals surface area contributed by atoms with Crippen LogP contribution < -0.4 is 0 Å². The van der Waals surface area contributed by atoms with Gasteiger partial charge in [-0.2, -0.15) is 18.3 Å². The molecule has 1 amide bonds. The lowest BCUT2D eigenvalue weighted by Gasteiger charge is -2.35. The topological polar surface area (TPSA) is 51.0 Å². The summed E-state index contributed by atoms with van der Waals surface area (Å²) in [5.41, 5.74) is -1.16. The Balaban J connectivity index is 2.35. The highest BCUT2D eigenvalue weighted by Gasteiger charge is 2.37. The Bertz CT molecular complexity index is 717. The maximum atomic E-state index is 12.9. The Morgan fingerprint density at radius 3 is 2.38 bits per heavy atom. The normalized spacial score (nSPS) is 12.3. The Hall–Kier alpha value is -2.38. The molecule has 0 spiro atoms. The van der Waals surface area contributed by atoms with Crippen molar-refractivity contribution in [1.29, 1.82) is 0 Å². The van der Waals surface area contributed by atoms with Crippen LogP contribution in [0, 0.1) is 0 Å². The van der Waals surface area contributed by atoms with Gasteiger partial charge in [0.15, 0.2) is 5.69 Å². The number of aromatic nitrogens is 3. The molecule has 0 aliphatic heterocycles. The van der Waals surface area contributed by atoms with Crippen molar-refractivity contribution in [1.82, 2.24) is 19.7 Å². The van der Waals surface area contributed by atoms with Gasteiger partial charge in [-0.15, -0.1) is 0 Å². The minimum atomic E-state index is -4.56. The molecule has 2 heterocycles. The molecule has 0 atom stereocenters. The molecule has 2 aromatic rings. The summed E-state index contributed by atoms with van der Waals surface area (Å²) in [6.07, 6.45) is -2.96. The second kappa shape index (κ2) is 6.26. The largest absolute Gasteiger partial charge is 0.433 e. The molecule has 2 rings (SSSR count). The van der Waals surface area contributed by atoms with Crippen LogP contribution in [0.2, 0.25) is 0 Å². The zero-order chi connectivity index (χ0) is 18.1. The van der Waals surface area contributed by atoms with E-state index in [0.29, 0.717) is 10.4 Å². The molecule has 0 N–H and O–H groups in total. The van der Waals surface area contributed by atoms with Crippen molar-refractivity contribution >= 4 is 5.91 Å². The number of alkyl halides is 3. The number of nitrogens with zero attached hydrogens (tertiary/aromatic N) is 4. The number of amides is 1. The van der Waals surface area contributed by atoms with Crippen LogP contribution in [0.15, 0.2) is 30.5 Å². The molecule has 5 nitrogen and oxygen atoms in total. The average Bonchev–Trinajstić information content (AvgIpc) is 2.86. The van der Waals surface area contributed by atoms with Gasteiger partial charge in [0.05, 0.1) is 12.2 Å². The summed E-state index contributed by atoms with van der Waals surface area (Å²) in [5.74, 6) is -0.570. The van der Waals surface area contributed by atoms with Crippen molar-refractivity contribution in [3.05, 3.63) is 47.5 Å². The number of pyridine rings is 1. The predicted octanol–water partition coefficient (Wildman–Crippen LogP) is 3.27. The zero-order valence-corrected chi connectivity index (χ0v) is 13.9. The van der Waals surface area contributed by atoms with Crippen LogP contribution >= 0.6 is 0 Å². The number of hydrogen-bond donors (Lipinski definition) is 0. The molecule has 0 saturated carbocycles.